The molecule has 0 saturated carbocycles. The number of rotatable bonds is 6. The second-order valence-electron chi connectivity index (χ2n) is 7.41. The number of carbonyl (C=O) groups is 2. The molecule has 1 N–H and O–H groups in total. The third-order valence-electron chi connectivity index (χ3n) is 4.74. The highest BCUT2D eigenvalue weighted by atomic mass is 16.4. The number of hydrogen-bond donors (Lipinski definition) is 1. The molecule has 0 aromatic heterocycles. The van der Waals surface area contributed by atoms with Crippen molar-refractivity contribution in [3.63, 3.8) is 0 Å². The summed E-state index contributed by atoms with van der Waals surface area (Å²) in [6.07, 6.45) is 13.7. The van der Waals surface area contributed by atoms with Crippen molar-refractivity contribution >= 4 is 11.9 Å². The number of carboxylic acid groups (broad SMARTS) is 1. The Morgan fingerprint density at radius 3 is 2.38 bits per heavy atom. The molecule has 0 saturated heterocycles. The standard InChI is InChI=1S/C22H31NO3/c1-16(9-7-10-17(2)15-20(24)25)12-13-19-18(3)11-8-14-22(19,4)21(26)23(5)6/h7,9-10,12-13,15H,8,11,14H2,1-6H3,(H,24,25)/b10-7+,13-12+,16-9+,17-15+/t22-/m1/s1. The lowest BCUT2D eigenvalue weighted by molar-refractivity contribution is -0.137. The van der Waals surface area contributed by atoms with Crippen molar-refractivity contribution in [1.82, 2.24) is 4.90 Å². The third kappa shape index (κ3) is 5.87. The number of allylic oxidation sites excluding steroid dienone is 8. The molecule has 0 unspecified atom stereocenters. The van der Waals surface area contributed by atoms with Crippen molar-refractivity contribution < 1.29 is 14.7 Å². The van der Waals surface area contributed by atoms with E-state index in [0.29, 0.717) is 5.57 Å². The molecule has 1 rings (SSSR count). The highest BCUT2D eigenvalue weighted by Crippen LogP contribution is 2.42. The lowest BCUT2D eigenvalue weighted by Crippen LogP contribution is -2.40. The molecule has 0 heterocycles. The number of carboxylic acids is 1. The van der Waals surface area contributed by atoms with Gasteiger partial charge in [-0.25, -0.2) is 4.79 Å². The average Bonchev–Trinajstić information content (AvgIpc) is 2.52. The van der Waals surface area contributed by atoms with Crippen LogP contribution in [0.15, 0.2) is 58.7 Å². The van der Waals surface area contributed by atoms with Gasteiger partial charge in [-0.15, -0.1) is 0 Å². The van der Waals surface area contributed by atoms with E-state index in [1.165, 1.54) is 11.6 Å². The summed E-state index contributed by atoms with van der Waals surface area (Å²) in [5.41, 5.74) is 3.63. The Morgan fingerprint density at radius 2 is 1.81 bits per heavy atom. The topological polar surface area (TPSA) is 57.6 Å². The molecule has 1 atom stereocenters. The molecule has 1 amide bonds. The first-order valence-electron chi connectivity index (χ1n) is 8.94. The fraction of sp³-hybridized carbons (Fsp3) is 0.455. The van der Waals surface area contributed by atoms with Gasteiger partial charge in [0.2, 0.25) is 5.91 Å². The molecule has 26 heavy (non-hydrogen) atoms. The molecule has 4 heteroatoms. The molecule has 0 aromatic rings. The van der Waals surface area contributed by atoms with Gasteiger partial charge in [-0.3, -0.25) is 4.79 Å². The van der Waals surface area contributed by atoms with E-state index in [4.69, 9.17) is 5.11 Å². The summed E-state index contributed by atoms with van der Waals surface area (Å²) in [4.78, 5) is 25.0. The van der Waals surface area contributed by atoms with Gasteiger partial charge >= 0.3 is 5.97 Å². The van der Waals surface area contributed by atoms with Gasteiger partial charge in [0.05, 0.1) is 5.41 Å². The summed E-state index contributed by atoms with van der Waals surface area (Å²) in [5, 5.41) is 8.71. The molecule has 0 bridgehead atoms. The van der Waals surface area contributed by atoms with Crippen molar-refractivity contribution in [1.29, 1.82) is 0 Å². The van der Waals surface area contributed by atoms with Crippen LogP contribution in [0.4, 0.5) is 0 Å². The highest BCUT2D eigenvalue weighted by molar-refractivity contribution is 5.86. The van der Waals surface area contributed by atoms with E-state index in [-0.39, 0.29) is 5.91 Å². The molecule has 4 nitrogen and oxygen atoms in total. The predicted octanol–water partition coefficient (Wildman–Crippen LogP) is 4.67. The van der Waals surface area contributed by atoms with E-state index in [1.54, 1.807) is 17.9 Å². The molecule has 142 valence electrons. The monoisotopic (exact) mass is 357 g/mol. The Balaban J connectivity index is 3.02. The van der Waals surface area contributed by atoms with Crippen LogP contribution in [0.25, 0.3) is 0 Å². The van der Waals surface area contributed by atoms with Gasteiger partial charge in [-0.1, -0.05) is 41.5 Å². The maximum absolute atomic E-state index is 12.7. The van der Waals surface area contributed by atoms with E-state index in [2.05, 4.69) is 13.0 Å². The maximum Gasteiger partial charge on any atom is 0.328 e. The summed E-state index contributed by atoms with van der Waals surface area (Å²) in [7, 11) is 3.61. The van der Waals surface area contributed by atoms with Crippen LogP contribution in [0, 0.1) is 5.41 Å². The molecule has 1 aliphatic rings. The number of carbonyl (C=O) groups excluding carboxylic acids is 1. The largest absolute Gasteiger partial charge is 0.478 e. The van der Waals surface area contributed by atoms with Crippen LogP contribution >= 0.6 is 0 Å². The van der Waals surface area contributed by atoms with Crippen LogP contribution in [0.5, 0.6) is 0 Å². The SMILES string of the molecule is CC1=C(/C=C/C(C)=C/C=C/C(C)=C/C(=O)O)[C@](C)(C(=O)N(C)C)CCC1. The van der Waals surface area contributed by atoms with Crippen LogP contribution in [0.1, 0.15) is 47.0 Å². The number of nitrogens with zero attached hydrogens (tertiary/aromatic N) is 1. The van der Waals surface area contributed by atoms with E-state index in [0.717, 1.165) is 30.4 Å². The van der Waals surface area contributed by atoms with Crippen molar-refractivity contribution in [3.8, 4) is 0 Å². The van der Waals surface area contributed by atoms with Gasteiger partial charge in [0.15, 0.2) is 0 Å². The fourth-order valence-corrected chi connectivity index (χ4v) is 3.35. The Morgan fingerprint density at radius 1 is 1.15 bits per heavy atom. The van der Waals surface area contributed by atoms with E-state index >= 15 is 0 Å². The second-order valence-corrected chi connectivity index (χ2v) is 7.41. The van der Waals surface area contributed by atoms with Crippen LogP contribution in [-0.2, 0) is 9.59 Å². The summed E-state index contributed by atoms with van der Waals surface area (Å²) in [6, 6.07) is 0. The van der Waals surface area contributed by atoms with Crippen LogP contribution in [0.2, 0.25) is 0 Å². The quantitative estimate of drug-likeness (QED) is 0.555. The van der Waals surface area contributed by atoms with Gasteiger partial charge in [0, 0.05) is 20.2 Å². The fourth-order valence-electron chi connectivity index (χ4n) is 3.35. The minimum atomic E-state index is -0.947. The lowest BCUT2D eigenvalue weighted by atomic mass is 9.70. The molecule has 0 aliphatic heterocycles. The summed E-state index contributed by atoms with van der Waals surface area (Å²) < 4.78 is 0. The first-order chi connectivity index (χ1) is 12.1. The van der Waals surface area contributed by atoms with Gasteiger partial charge in [-0.05, 0) is 58.1 Å². The molecule has 1 aliphatic carbocycles. The summed E-state index contributed by atoms with van der Waals surface area (Å²) in [5.74, 6) is -0.801. The lowest BCUT2D eigenvalue weighted by Gasteiger charge is -2.37. The van der Waals surface area contributed by atoms with Crippen molar-refractivity contribution in [3.05, 3.63) is 58.7 Å². The molecular formula is C22H31NO3. The first kappa shape index (κ1) is 21.7. The van der Waals surface area contributed by atoms with Crippen LogP contribution < -0.4 is 0 Å². The Hall–Kier alpha value is -2.36. The average molecular weight is 357 g/mol. The van der Waals surface area contributed by atoms with Gasteiger partial charge in [-0.2, -0.15) is 0 Å². The zero-order valence-corrected chi connectivity index (χ0v) is 16.8. The third-order valence-corrected chi connectivity index (χ3v) is 4.74. The van der Waals surface area contributed by atoms with Crippen molar-refractivity contribution in [2.75, 3.05) is 14.1 Å². The van der Waals surface area contributed by atoms with Gasteiger partial charge in [0.1, 0.15) is 0 Å². The zero-order chi connectivity index (χ0) is 19.9. The number of amides is 1. The summed E-state index contributed by atoms with van der Waals surface area (Å²) >= 11 is 0. The molecule has 0 spiro atoms. The van der Waals surface area contributed by atoms with E-state index in [1.807, 2.05) is 46.2 Å². The van der Waals surface area contributed by atoms with Crippen molar-refractivity contribution in [2.45, 2.75) is 47.0 Å². The number of aliphatic carboxylic acids is 1. The maximum atomic E-state index is 12.7. The smallest absolute Gasteiger partial charge is 0.328 e. The van der Waals surface area contributed by atoms with E-state index < -0.39 is 11.4 Å². The second kappa shape index (κ2) is 9.37. The minimum Gasteiger partial charge on any atom is -0.478 e. The first-order valence-corrected chi connectivity index (χ1v) is 8.94. The summed E-state index contributed by atoms with van der Waals surface area (Å²) in [6.45, 7) is 7.88. The molecule has 0 aromatic carbocycles. The van der Waals surface area contributed by atoms with Gasteiger partial charge < -0.3 is 10.0 Å². The van der Waals surface area contributed by atoms with E-state index in [9.17, 15) is 9.59 Å². The predicted molar refractivity (Wildman–Crippen MR) is 107 cm³/mol. The zero-order valence-electron chi connectivity index (χ0n) is 16.8. The molecule has 0 radical (unpaired) electrons. The normalized spacial score (nSPS) is 22.4. The highest BCUT2D eigenvalue weighted by Gasteiger charge is 2.39. The Kier molecular flexibility index (Phi) is 7.81. The van der Waals surface area contributed by atoms with Crippen molar-refractivity contribution in [2.24, 2.45) is 5.41 Å². The van der Waals surface area contributed by atoms with Gasteiger partial charge in [0.25, 0.3) is 0 Å². The minimum absolute atomic E-state index is 0.146. The Labute approximate surface area is 157 Å². The van der Waals surface area contributed by atoms with Crippen LogP contribution in [0.3, 0.4) is 0 Å². The Bertz CT molecular complexity index is 705. The van der Waals surface area contributed by atoms with Crippen LogP contribution in [-0.4, -0.2) is 36.0 Å². The number of hydrogen-bond acceptors (Lipinski definition) is 2. The molecular weight excluding hydrogens is 326 g/mol. The molecule has 0 fully saturated rings.